The van der Waals surface area contributed by atoms with Gasteiger partial charge in [0.1, 0.15) is 11.5 Å². The number of rotatable bonds is 13. The third kappa shape index (κ3) is 10.5. The topological polar surface area (TPSA) is 66.2 Å². The second-order valence-corrected chi connectivity index (χ2v) is 10.1. The van der Waals surface area contributed by atoms with Gasteiger partial charge in [-0.1, -0.05) is 101 Å². The van der Waals surface area contributed by atoms with Crippen LogP contribution in [0.1, 0.15) is 76.3 Å². The molecule has 4 rings (SSSR count). The maximum Gasteiger partial charge on any atom is 3.00 e. The van der Waals surface area contributed by atoms with Gasteiger partial charge >= 0.3 is 17.1 Å². The van der Waals surface area contributed by atoms with Crippen molar-refractivity contribution >= 4 is 0 Å². The van der Waals surface area contributed by atoms with Crippen molar-refractivity contribution in [3.63, 3.8) is 0 Å². The standard InChI is InChI=1S/C34H40N2O2.3ClH.Mn/c1-3-5-7-9-13-25-15-11-17-29(33(25)37)27-19-21-31(35-23-27)32-22-20-28(24-36-32)30-18-12-16-26(34(30)38)14-10-8-6-4-2;;;;/h11-12,15-24,37-38H,3-10,13-14H2,1-2H3;3*1H;/q;;;;+3/p-3. The normalized spacial score (nSPS) is 10.0. The zero-order valence-electron chi connectivity index (χ0n) is 24.3. The van der Waals surface area contributed by atoms with Crippen molar-refractivity contribution in [1.29, 1.82) is 0 Å². The average molecular weight is 670 g/mol. The van der Waals surface area contributed by atoms with E-state index in [0.717, 1.165) is 70.5 Å². The zero-order valence-corrected chi connectivity index (χ0v) is 27.7. The number of aryl methyl sites for hydroxylation is 2. The molecule has 0 aliphatic heterocycles. The number of phenolic OH excluding ortho intramolecular Hbond substituents is 2. The summed E-state index contributed by atoms with van der Waals surface area (Å²) in [5.41, 5.74) is 6.92. The van der Waals surface area contributed by atoms with Gasteiger partial charge in [-0.25, -0.2) is 0 Å². The van der Waals surface area contributed by atoms with Crippen LogP contribution in [-0.2, 0) is 29.9 Å². The van der Waals surface area contributed by atoms with Crippen LogP contribution in [0.3, 0.4) is 0 Å². The molecule has 0 saturated carbocycles. The molecule has 0 aliphatic carbocycles. The molecule has 226 valence electrons. The third-order valence-corrected chi connectivity index (χ3v) is 7.25. The minimum atomic E-state index is 0. The molecule has 0 amide bonds. The molecule has 0 bridgehead atoms. The first-order valence-corrected chi connectivity index (χ1v) is 14.2. The zero-order chi connectivity index (χ0) is 26.7. The van der Waals surface area contributed by atoms with Crippen molar-refractivity contribution in [1.82, 2.24) is 9.97 Å². The van der Waals surface area contributed by atoms with Crippen molar-refractivity contribution in [2.24, 2.45) is 0 Å². The van der Waals surface area contributed by atoms with E-state index >= 15 is 0 Å². The van der Waals surface area contributed by atoms with Gasteiger partial charge in [0.05, 0.1) is 11.4 Å². The number of benzene rings is 2. The number of unbranched alkanes of at least 4 members (excludes halogenated alkanes) is 6. The fourth-order valence-electron chi connectivity index (χ4n) is 4.95. The van der Waals surface area contributed by atoms with Crippen molar-refractivity contribution in [3.05, 3.63) is 84.2 Å². The maximum absolute atomic E-state index is 10.9. The maximum atomic E-state index is 10.9. The molecule has 2 N–H and O–H groups in total. The molecule has 0 saturated heterocycles. The Hall–Kier alpha value is -2.27. The van der Waals surface area contributed by atoms with Gasteiger partial charge in [-0.3, -0.25) is 9.97 Å². The van der Waals surface area contributed by atoms with Gasteiger partial charge in [-0.05, 0) is 48.9 Å². The number of hydrogen-bond acceptors (Lipinski definition) is 4. The Morgan fingerprint density at radius 1 is 0.524 bits per heavy atom. The summed E-state index contributed by atoms with van der Waals surface area (Å²) in [6.07, 6.45) is 14.8. The van der Waals surface area contributed by atoms with Gasteiger partial charge < -0.3 is 47.4 Å². The monoisotopic (exact) mass is 668 g/mol. The summed E-state index contributed by atoms with van der Waals surface area (Å²) in [7, 11) is 0. The summed E-state index contributed by atoms with van der Waals surface area (Å²) in [5, 5.41) is 21.8. The number of phenols is 2. The molecule has 42 heavy (non-hydrogen) atoms. The fraction of sp³-hybridized carbons (Fsp3) is 0.353. The van der Waals surface area contributed by atoms with E-state index < -0.39 is 0 Å². The first kappa shape index (κ1) is 39.7. The second kappa shape index (κ2) is 20.6. The Kier molecular flexibility index (Phi) is 19.5. The van der Waals surface area contributed by atoms with E-state index in [1.54, 1.807) is 12.4 Å². The number of aromatic nitrogens is 2. The molecule has 4 nitrogen and oxygen atoms in total. The van der Waals surface area contributed by atoms with Crippen LogP contribution in [0.25, 0.3) is 33.6 Å². The number of para-hydroxylation sites is 2. The Bertz CT molecular complexity index is 1220. The van der Waals surface area contributed by atoms with Crippen molar-refractivity contribution in [2.45, 2.75) is 78.1 Å². The second-order valence-electron chi connectivity index (χ2n) is 10.1. The third-order valence-electron chi connectivity index (χ3n) is 7.25. The van der Waals surface area contributed by atoms with Crippen LogP contribution in [0.4, 0.5) is 0 Å². The van der Waals surface area contributed by atoms with E-state index in [9.17, 15) is 10.2 Å². The van der Waals surface area contributed by atoms with Crippen LogP contribution in [0.2, 0.25) is 0 Å². The molecular formula is C34H40Cl3MnN2O2. The summed E-state index contributed by atoms with van der Waals surface area (Å²) >= 11 is 0. The number of nitrogens with zero attached hydrogens (tertiary/aromatic N) is 2. The predicted molar refractivity (Wildman–Crippen MR) is 157 cm³/mol. The molecular weight excluding hydrogens is 630 g/mol. The molecule has 2 aromatic carbocycles. The average Bonchev–Trinajstić information content (AvgIpc) is 2.95. The Morgan fingerprint density at radius 2 is 0.929 bits per heavy atom. The molecule has 0 atom stereocenters. The summed E-state index contributed by atoms with van der Waals surface area (Å²) < 4.78 is 0. The van der Waals surface area contributed by atoms with Gasteiger partial charge in [0.2, 0.25) is 0 Å². The van der Waals surface area contributed by atoms with E-state index in [2.05, 4.69) is 23.8 Å². The van der Waals surface area contributed by atoms with E-state index in [-0.39, 0.29) is 54.3 Å². The van der Waals surface area contributed by atoms with Crippen LogP contribution >= 0.6 is 0 Å². The van der Waals surface area contributed by atoms with Crippen LogP contribution in [0, 0.1) is 0 Å². The first-order valence-electron chi connectivity index (χ1n) is 14.2. The van der Waals surface area contributed by atoms with E-state index in [0.29, 0.717) is 11.5 Å². The number of halogens is 3. The van der Waals surface area contributed by atoms with Crippen molar-refractivity contribution < 1.29 is 64.5 Å². The van der Waals surface area contributed by atoms with Gasteiger partial charge in [0.25, 0.3) is 0 Å². The van der Waals surface area contributed by atoms with Crippen molar-refractivity contribution in [3.8, 4) is 45.1 Å². The summed E-state index contributed by atoms with van der Waals surface area (Å²) in [6, 6.07) is 19.8. The molecule has 8 heteroatoms. The smallest absolute Gasteiger partial charge is 1.00 e. The fourth-order valence-corrected chi connectivity index (χ4v) is 4.95. The van der Waals surface area contributed by atoms with Gasteiger partial charge in [-0.2, -0.15) is 0 Å². The minimum absolute atomic E-state index is 0. The largest absolute Gasteiger partial charge is 3.00 e. The van der Waals surface area contributed by atoms with Gasteiger partial charge in [-0.15, -0.1) is 0 Å². The van der Waals surface area contributed by atoms with Crippen LogP contribution < -0.4 is 37.2 Å². The molecule has 0 unspecified atom stereocenters. The summed E-state index contributed by atoms with van der Waals surface area (Å²) in [6.45, 7) is 4.41. The van der Waals surface area contributed by atoms with E-state index in [1.807, 2.05) is 60.7 Å². The molecule has 2 aromatic heterocycles. The molecule has 4 aromatic rings. The van der Waals surface area contributed by atoms with Crippen LogP contribution in [0.15, 0.2) is 73.1 Å². The molecule has 0 fully saturated rings. The molecule has 2 heterocycles. The Balaban J connectivity index is 0.00000420. The number of pyridine rings is 2. The van der Waals surface area contributed by atoms with E-state index in [4.69, 9.17) is 0 Å². The first-order chi connectivity index (χ1) is 18.6. The number of aromatic hydroxyl groups is 2. The number of hydrogen-bond donors (Lipinski definition) is 2. The Labute approximate surface area is 280 Å². The quantitative estimate of drug-likeness (QED) is 0.157. The molecule has 0 spiro atoms. The van der Waals surface area contributed by atoms with Crippen LogP contribution in [-0.4, -0.2) is 20.2 Å². The molecule has 0 aliphatic rings. The van der Waals surface area contributed by atoms with Crippen LogP contribution in [0.5, 0.6) is 11.5 Å². The predicted octanol–water partition coefficient (Wildman–Crippen LogP) is 0.144. The van der Waals surface area contributed by atoms with Crippen molar-refractivity contribution in [2.75, 3.05) is 0 Å². The molecule has 0 radical (unpaired) electrons. The summed E-state index contributed by atoms with van der Waals surface area (Å²) in [4.78, 5) is 9.28. The minimum Gasteiger partial charge on any atom is -1.00 e. The van der Waals surface area contributed by atoms with E-state index in [1.165, 1.54) is 38.5 Å². The Morgan fingerprint density at radius 3 is 1.26 bits per heavy atom. The SMILES string of the molecule is CCCCCCc1cccc(-c2ccc(-c3ccc(-c4cccc(CCCCCC)c4O)cn3)nc2)c1O.[Cl-].[Cl-].[Cl-].[Mn+3]. The van der Waals surface area contributed by atoms with Gasteiger partial charge in [0.15, 0.2) is 0 Å². The summed E-state index contributed by atoms with van der Waals surface area (Å²) in [5.74, 6) is 0.710. The van der Waals surface area contributed by atoms with Gasteiger partial charge in [0, 0.05) is 34.6 Å².